The zero-order valence-electron chi connectivity index (χ0n) is 17.7. The fourth-order valence-electron chi connectivity index (χ4n) is 2.43. The van der Waals surface area contributed by atoms with Gasteiger partial charge in [0.05, 0.1) is 12.9 Å². The number of aromatic nitrogens is 4. The Kier molecular flexibility index (Phi) is 12.8. The van der Waals surface area contributed by atoms with E-state index in [2.05, 4.69) is 15.0 Å². The molecule has 1 fully saturated rings. The Hall–Kier alpha value is -1.52. The third-order valence-electron chi connectivity index (χ3n) is 3.61. The van der Waals surface area contributed by atoms with Crippen molar-refractivity contribution in [2.45, 2.75) is 24.2 Å². The number of hydrogen-bond donors (Lipinski definition) is 13. The molecule has 210 valence electrons. The molecule has 0 unspecified atom stereocenters. The van der Waals surface area contributed by atoms with Crippen LogP contribution in [0.3, 0.4) is 0 Å². The van der Waals surface area contributed by atoms with Crippen LogP contribution in [0, 0.1) is 0 Å². The second-order valence-electron chi connectivity index (χ2n) is 6.22. The zero-order valence-corrected chi connectivity index (χ0v) is 20.4. The van der Waals surface area contributed by atoms with E-state index >= 15 is 0 Å². The van der Waals surface area contributed by atoms with Crippen molar-refractivity contribution in [2.24, 2.45) is 0 Å². The highest BCUT2D eigenvalue weighted by Crippen LogP contribution is 2.38. The molecular weight excluding hydrogens is 567 g/mol. The van der Waals surface area contributed by atoms with Gasteiger partial charge in [0.25, 0.3) is 0 Å². The van der Waals surface area contributed by atoms with Crippen LogP contribution in [0.4, 0.5) is 5.82 Å². The van der Waals surface area contributed by atoms with Gasteiger partial charge >= 0.3 is 23.5 Å². The maximum atomic E-state index is 10.3. The number of methoxy groups -OCH3 is 1. The van der Waals surface area contributed by atoms with Crippen LogP contribution in [-0.2, 0) is 23.2 Å². The van der Waals surface area contributed by atoms with Gasteiger partial charge in [0.2, 0.25) is 5.79 Å². The molecule has 22 nitrogen and oxygen atoms in total. The molecule has 0 amide bonds. The maximum absolute atomic E-state index is 10.3. The molecule has 0 bridgehead atoms. The molecule has 2 aromatic rings. The van der Waals surface area contributed by atoms with Crippen LogP contribution in [0.2, 0.25) is 0 Å². The Morgan fingerprint density at radius 3 is 1.81 bits per heavy atom. The predicted octanol–water partition coefficient (Wildman–Crippen LogP) is -4.79. The number of imidazole rings is 1. The molecule has 2 aromatic heterocycles. The van der Waals surface area contributed by atoms with Gasteiger partial charge in [-0.25, -0.2) is 28.6 Å². The lowest BCUT2D eigenvalue weighted by Crippen LogP contribution is -2.50. The van der Waals surface area contributed by atoms with E-state index in [-0.39, 0.29) is 5.82 Å². The second-order valence-corrected chi connectivity index (χ2v) is 9.30. The van der Waals surface area contributed by atoms with Crippen LogP contribution in [-0.4, -0.2) is 111 Å². The highest BCUT2D eigenvalue weighted by Gasteiger charge is 2.57. The lowest BCUT2D eigenvalue weighted by atomic mass is 10.1. The quantitative estimate of drug-likeness (QED) is 0.118. The SMILES string of the molecule is CO[C@@]1(O)[C@@H](CO)O[C@@H](n2cnc3c(N)ncnc32)[C@@H]1O.O=P(O)(O)O.O=P(O)(O)O.O=P(O)(O)O. The lowest BCUT2D eigenvalue weighted by Gasteiger charge is -2.28. The van der Waals surface area contributed by atoms with Crippen molar-refractivity contribution in [2.75, 3.05) is 19.5 Å². The number of ether oxygens (including phenoxy) is 2. The van der Waals surface area contributed by atoms with Gasteiger partial charge in [-0.2, -0.15) is 0 Å². The summed E-state index contributed by atoms with van der Waals surface area (Å²) in [5.74, 6) is -1.85. The third kappa shape index (κ3) is 12.6. The van der Waals surface area contributed by atoms with Gasteiger partial charge in [-0.3, -0.25) is 4.57 Å². The van der Waals surface area contributed by atoms with Crippen LogP contribution in [0.25, 0.3) is 11.2 Å². The number of nitrogen functional groups attached to an aromatic ring is 1. The molecule has 3 rings (SSSR count). The van der Waals surface area contributed by atoms with E-state index < -0.39 is 54.3 Å². The molecule has 0 radical (unpaired) electrons. The molecule has 0 spiro atoms. The van der Waals surface area contributed by atoms with E-state index in [0.717, 1.165) is 0 Å². The molecule has 3 heterocycles. The van der Waals surface area contributed by atoms with Crippen LogP contribution in [0.5, 0.6) is 0 Å². The van der Waals surface area contributed by atoms with E-state index in [1.807, 2.05) is 0 Å². The Labute approximate surface area is 199 Å². The monoisotopic (exact) mass is 591 g/mol. The summed E-state index contributed by atoms with van der Waals surface area (Å²) in [5.41, 5.74) is 6.38. The van der Waals surface area contributed by atoms with E-state index in [9.17, 15) is 15.3 Å². The third-order valence-corrected chi connectivity index (χ3v) is 3.61. The summed E-state index contributed by atoms with van der Waals surface area (Å²) in [7, 11) is -12.7. The van der Waals surface area contributed by atoms with Crippen LogP contribution in [0.15, 0.2) is 12.7 Å². The number of phosphoric acid groups is 3. The van der Waals surface area contributed by atoms with Crippen molar-refractivity contribution in [3.05, 3.63) is 12.7 Å². The van der Waals surface area contributed by atoms with Gasteiger partial charge in [0.15, 0.2) is 23.8 Å². The zero-order chi connectivity index (χ0) is 28.7. The lowest BCUT2D eigenvalue weighted by molar-refractivity contribution is -0.252. The number of aliphatic hydroxyl groups excluding tert-OH is 2. The summed E-state index contributed by atoms with van der Waals surface area (Å²) >= 11 is 0. The maximum Gasteiger partial charge on any atom is 0.466 e. The van der Waals surface area contributed by atoms with E-state index in [1.165, 1.54) is 24.3 Å². The van der Waals surface area contributed by atoms with Gasteiger partial charge in [-0.1, -0.05) is 0 Å². The highest BCUT2D eigenvalue weighted by atomic mass is 31.2. The minimum atomic E-state index is -4.64. The standard InChI is InChI=1S/C11H15N5O5.3H3O4P/c1-20-11(19)5(2-17)21-10(7(11)18)16-4-15-6-8(12)13-3-14-9(6)16;3*1-5(2,3)4/h3-5,7,10,17-19H,2H2,1H3,(H2,12,13,14);3*(H3,1,2,3,4)/t5-,7+,10-,11+;;;/m1.../s1. The van der Waals surface area contributed by atoms with Crippen molar-refractivity contribution in [3.63, 3.8) is 0 Å². The number of hydrogen-bond acceptors (Lipinski definition) is 12. The number of fused-ring (bicyclic) bond motifs is 1. The number of rotatable bonds is 3. The van der Waals surface area contributed by atoms with E-state index in [1.54, 1.807) is 0 Å². The van der Waals surface area contributed by atoms with Crippen molar-refractivity contribution in [1.82, 2.24) is 19.5 Å². The summed E-state index contributed by atoms with van der Waals surface area (Å²) in [6, 6.07) is 0. The molecule has 0 saturated carbocycles. The van der Waals surface area contributed by atoms with Crippen molar-refractivity contribution in [1.29, 1.82) is 0 Å². The molecular formula is C11H24N5O17P3. The van der Waals surface area contributed by atoms with E-state index in [4.69, 9.17) is 72.9 Å². The smallest absolute Gasteiger partial charge is 0.393 e. The molecule has 36 heavy (non-hydrogen) atoms. The summed E-state index contributed by atoms with van der Waals surface area (Å²) < 4.78 is 38.4. The fourth-order valence-corrected chi connectivity index (χ4v) is 2.43. The Morgan fingerprint density at radius 1 is 1.00 bits per heavy atom. The van der Waals surface area contributed by atoms with Crippen molar-refractivity contribution in [3.8, 4) is 0 Å². The molecule has 0 aromatic carbocycles. The van der Waals surface area contributed by atoms with Gasteiger partial charge in [0, 0.05) is 7.11 Å². The van der Waals surface area contributed by atoms with Crippen LogP contribution in [0.1, 0.15) is 6.23 Å². The highest BCUT2D eigenvalue weighted by molar-refractivity contribution is 7.45. The molecule has 0 aliphatic carbocycles. The first-order chi connectivity index (χ1) is 16.0. The summed E-state index contributed by atoms with van der Waals surface area (Å²) in [4.78, 5) is 76.6. The first kappa shape index (κ1) is 34.5. The van der Waals surface area contributed by atoms with Gasteiger partial charge in [-0.15, -0.1) is 0 Å². The second kappa shape index (κ2) is 13.3. The largest absolute Gasteiger partial charge is 0.466 e. The minimum absolute atomic E-state index is 0.187. The number of aliphatic hydroxyl groups is 3. The molecule has 14 N–H and O–H groups in total. The first-order valence-electron chi connectivity index (χ1n) is 8.52. The average Bonchev–Trinajstić information content (AvgIpc) is 3.19. The summed E-state index contributed by atoms with van der Waals surface area (Å²) in [6.07, 6.45) is -0.985. The van der Waals surface area contributed by atoms with E-state index in [0.29, 0.717) is 11.2 Å². The predicted molar refractivity (Wildman–Crippen MR) is 111 cm³/mol. The van der Waals surface area contributed by atoms with Gasteiger partial charge in [-0.05, 0) is 0 Å². The molecule has 1 saturated heterocycles. The summed E-state index contributed by atoms with van der Waals surface area (Å²) in [5, 5.41) is 29.8. The molecule has 1 aliphatic rings. The molecule has 1 aliphatic heterocycles. The topological polar surface area (TPSA) is 382 Å². The molecule has 25 heteroatoms. The fraction of sp³-hybridized carbons (Fsp3) is 0.545. The Bertz CT molecular complexity index is 1040. The molecule has 4 atom stereocenters. The van der Waals surface area contributed by atoms with Crippen LogP contribution < -0.4 is 5.73 Å². The first-order valence-corrected chi connectivity index (χ1v) is 13.2. The minimum Gasteiger partial charge on any atom is -0.393 e. The van der Waals surface area contributed by atoms with Crippen LogP contribution >= 0.6 is 23.5 Å². The van der Waals surface area contributed by atoms with Crippen molar-refractivity contribution >= 4 is 40.4 Å². The van der Waals surface area contributed by atoms with Gasteiger partial charge < -0.3 is 74.6 Å². The number of anilines is 1. The Morgan fingerprint density at radius 2 is 1.44 bits per heavy atom. The normalized spacial score (nSPS) is 24.1. The number of nitrogens with zero attached hydrogens (tertiary/aromatic N) is 4. The Balaban J connectivity index is 0.000000672. The summed E-state index contributed by atoms with van der Waals surface area (Å²) in [6.45, 7) is -0.526. The van der Waals surface area contributed by atoms with Crippen molar-refractivity contribution < 1.29 is 82.5 Å². The average molecular weight is 591 g/mol. The number of nitrogens with two attached hydrogens (primary N) is 1. The van der Waals surface area contributed by atoms with Gasteiger partial charge in [0.1, 0.15) is 17.9 Å².